The molecule has 0 radical (unpaired) electrons. The maximum absolute atomic E-state index is 10.3. The molecule has 0 aliphatic carbocycles. The van der Waals surface area contributed by atoms with Crippen molar-refractivity contribution in [2.75, 3.05) is 0 Å². The molecule has 0 aliphatic rings. The Kier molecular flexibility index (Phi) is 22.4. The monoisotopic (exact) mass is 347 g/mol. The molecule has 0 saturated heterocycles. The first-order chi connectivity index (χ1) is 9.77. The van der Waals surface area contributed by atoms with Crippen molar-refractivity contribution in [2.24, 2.45) is 0 Å². The van der Waals surface area contributed by atoms with Gasteiger partial charge in [-0.25, -0.2) is 0 Å². The summed E-state index contributed by atoms with van der Waals surface area (Å²) in [6.45, 7) is 2.27. The van der Waals surface area contributed by atoms with Gasteiger partial charge in [-0.2, -0.15) is 12.8 Å². The predicted molar refractivity (Wildman–Crippen MR) is 86.9 cm³/mol. The van der Waals surface area contributed by atoms with Crippen LogP contribution < -0.4 is 0 Å². The molecule has 0 aliphatic heterocycles. The van der Waals surface area contributed by atoms with E-state index in [1.54, 1.807) is 0 Å². The van der Waals surface area contributed by atoms with Gasteiger partial charge in [0.05, 0.1) is 0 Å². The second kappa shape index (κ2) is 20.1. The summed E-state index contributed by atoms with van der Waals surface area (Å²) in [6, 6.07) is 0. The molecule has 0 fully saturated rings. The van der Waals surface area contributed by atoms with Gasteiger partial charge in [-0.1, -0.05) is 77.6 Å². The van der Waals surface area contributed by atoms with Crippen molar-refractivity contribution in [3.63, 3.8) is 0 Å². The third-order valence-corrected chi connectivity index (χ3v) is 3.81. The molecule has 0 unspecified atom stereocenters. The minimum atomic E-state index is -0.667. The zero-order chi connectivity index (χ0) is 14.9. The van der Waals surface area contributed by atoms with Crippen molar-refractivity contribution in [3.8, 4) is 0 Å². The Morgan fingerprint density at radius 3 is 1.67 bits per heavy atom. The van der Waals surface area contributed by atoms with Crippen molar-refractivity contribution < 1.29 is 29.4 Å². The van der Waals surface area contributed by atoms with Crippen LogP contribution in [0.15, 0.2) is 0 Å². The second-order valence-corrected chi connectivity index (χ2v) is 5.90. The second-order valence-electron chi connectivity index (χ2n) is 5.90. The van der Waals surface area contributed by atoms with Crippen molar-refractivity contribution in [3.05, 3.63) is 6.42 Å². The van der Waals surface area contributed by atoms with E-state index in [4.69, 9.17) is 5.11 Å². The van der Waals surface area contributed by atoms with E-state index in [0.29, 0.717) is 6.42 Å². The number of carboxylic acid groups (broad SMARTS) is 1. The van der Waals surface area contributed by atoms with E-state index >= 15 is 0 Å². The van der Waals surface area contributed by atoms with Crippen LogP contribution in [-0.4, -0.2) is 11.1 Å². The molecule has 0 atom stereocenters. The van der Waals surface area contributed by atoms with Gasteiger partial charge in [-0.3, -0.25) is 4.79 Å². The van der Waals surface area contributed by atoms with Crippen LogP contribution in [-0.2, 0) is 24.3 Å². The Morgan fingerprint density at radius 1 is 0.762 bits per heavy atom. The molecule has 122 valence electrons. The van der Waals surface area contributed by atoms with Crippen LogP contribution in [0.3, 0.4) is 0 Å². The molecule has 0 aromatic carbocycles. The van der Waals surface area contributed by atoms with Crippen LogP contribution in [0, 0.1) is 6.42 Å². The molecule has 0 rings (SSSR count). The Morgan fingerprint density at radius 2 is 1.19 bits per heavy atom. The van der Waals surface area contributed by atoms with Crippen LogP contribution in [0.25, 0.3) is 0 Å². The molecular weight excluding hydrogens is 314 g/mol. The van der Waals surface area contributed by atoms with Gasteiger partial charge < -0.3 is 11.5 Å². The Hall–Kier alpha value is 0.0934. The van der Waals surface area contributed by atoms with E-state index in [1.807, 2.05) is 0 Å². The third kappa shape index (κ3) is 22.5. The van der Waals surface area contributed by atoms with E-state index in [0.717, 1.165) is 19.3 Å². The maximum Gasteiger partial charge on any atom is 0.303 e. The SMILES string of the molecule is CCCCCCCCCCCC[CH-]CCCCC(=O)O.[Zn]. The normalized spacial score (nSPS) is 10.3. The van der Waals surface area contributed by atoms with E-state index in [2.05, 4.69) is 13.3 Å². The molecule has 0 amide bonds. The summed E-state index contributed by atoms with van der Waals surface area (Å²) >= 11 is 0. The molecule has 0 aromatic heterocycles. The Labute approximate surface area is 145 Å². The van der Waals surface area contributed by atoms with Crippen molar-refractivity contribution >= 4 is 5.97 Å². The molecule has 1 N–H and O–H groups in total. The summed E-state index contributed by atoms with van der Waals surface area (Å²) in [7, 11) is 0. The van der Waals surface area contributed by atoms with Gasteiger partial charge in [0.25, 0.3) is 0 Å². The summed E-state index contributed by atoms with van der Waals surface area (Å²) in [5.41, 5.74) is 0. The molecule has 0 heterocycles. The molecule has 0 bridgehead atoms. The Balaban J connectivity index is 0. The van der Waals surface area contributed by atoms with Gasteiger partial charge in [0.2, 0.25) is 0 Å². The summed E-state index contributed by atoms with van der Waals surface area (Å²) in [6.07, 6.45) is 20.7. The van der Waals surface area contributed by atoms with Gasteiger partial charge >= 0.3 is 5.97 Å². The van der Waals surface area contributed by atoms with E-state index in [-0.39, 0.29) is 19.5 Å². The van der Waals surface area contributed by atoms with Crippen molar-refractivity contribution in [1.82, 2.24) is 0 Å². The number of hydrogen-bond donors (Lipinski definition) is 1. The fraction of sp³-hybridized carbons (Fsp3) is 0.889. The zero-order valence-electron chi connectivity index (χ0n) is 14.2. The maximum atomic E-state index is 10.3. The van der Waals surface area contributed by atoms with Gasteiger partial charge in [0, 0.05) is 25.9 Å². The van der Waals surface area contributed by atoms with Gasteiger partial charge in [-0.05, 0) is 6.42 Å². The molecule has 0 aromatic rings. The van der Waals surface area contributed by atoms with Crippen LogP contribution >= 0.6 is 0 Å². The van der Waals surface area contributed by atoms with Crippen LogP contribution in [0.4, 0.5) is 0 Å². The quantitative estimate of drug-likeness (QED) is 0.206. The summed E-state index contributed by atoms with van der Waals surface area (Å²) < 4.78 is 0. The average molecular weight is 349 g/mol. The third-order valence-electron chi connectivity index (χ3n) is 3.81. The van der Waals surface area contributed by atoms with Crippen molar-refractivity contribution in [1.29, 1.82) is 0 Å². The first-order valence-electron chi connectivity index (χ1n) is 8.80. The standard InChI is InChI=1S/C18H35O2.Zn/c1-2-3-4-5-6-7-8-9-10-11-12-13-14-15-16-17-18(19)20;/h13H,2-12,14-17H2,1H3,(H,19,20);/q-1;. The number of hydrogen-bond acceptors (Lipinski definition) is 1. The fourth-order valence-electron chi connectivity index (χ4n) is 2.49. The topological polar surface area (TPSA) is 37.3 Å². The number of aliphatic carboxylic acids is 1. The number of rotatable bonds is 16. The van der Waals surface area contributed by atoms with E-state index in [9.17, 15) is 4.79 Å². The molecular formula is C18H35O2Zn-. The number of carbonyl (C=O) groups is 1. The van der Waals surface area contributed by atoms with Crippen LogP contribution in [0.5, 0.6) is 0 Å². The number of unbranched alkanes of at least 4 members (excludes halogenated alkanes) is 14. The molecule has 0 spiro atoms. The van der Waals surface area contributed by atoms with Crippen LogP contribution in [0.2, 0.25) is 0 Å². The fourth-order valence-corrected chi connectivity index (χ4v) is 2.49. The van der Waals surface area contributed by atoms with Gasteiger partial charge in [0.15, 0.2) is 0 Å². The largest absolute Gasteiger partial charge is 0.481 e. The molecule has 2 nitrogen and oxygen atoms in total. The average Bonchev–Trinajstić information content (AvgIpc) is 2.43. The zero-order valence-corrected chi connectivity index (χ0v) is 17.2. The van der Waals surface area contributed by atoms with Gasteiger partial charge in [-0.15, -0.1) is 0 Å². The summed E-state index contributed by atoms with van der Waals surface area (Å²) in [5, 5.41) is 8.51. The van der Waals surface area contributed by atoms with E-state index < -0.39 is 5.97 Å². The van der Waals surface area contributed by atoms with Crippen LogP contribution in [0.1, 0.15) is 103 Å². The summed E-state index contributed by atoms with van der Waals surface area (Å²) in [5.74, 6) is -0.667. The minimum Gasteiger partial charge on any atom is -0.481 e. The van der Waals surface area contributed by atoms with Crippen molar-refractivity contribution in [2.45, 2.75) is 103 Å². The summed E-state index contributed by atoms with van der Waals surface area (Å²) in [4.78, 5) is 10.3. The first kappa shape index (κ1) is 23.4. The van der Waals surface area contributed by atoms with Gasteiger partial charge in [0.1, 0.15) is 0 Å². The molecule has 3 heteroatoms. The predicted octanol–water partition coefficient (Wildman–Crippen LogP) is 6.14. The Bertz CT molecular complexity index is 207. The molecule has 0 saturated carbocycles. The smallest absolute Gasteiger partial charge is 0.303 e. The minimum absolute atomic E-state index is 0. The first-order valence-corrected chi connectivity index (χ1v) is 8.80. The molecule has 21 heavy (non-hydrogen) atoms. The number of carboxylic acids is 1. The van der Waals surface area contributed by atoms with E-state index in [1.165, 1.54) is 70.6 Å².